The fraction of sp³-hybridized carbons (Fsp3) is 0.455. The minimum Gasteiger partial charge on any atom is -0.313 e. The van der Waals surface area contributed by atoms with Crippen molar-refractivity contribution in [2.75, 3.05) is 18.6 Å². The molecule has 0 heterocycles. The van der Waals surface area contributed by atoms with E-state index in [1.807, 2.05) is 0 Å². The van der Waals surface area contributed by atoms with Crippen molar-refractivity contribution in [3.8, 4) is 0 Å². The minimum absolute atomic E-state index is 0.292. The van der Waals surface area contributed by atoms with Crippen LogP contribution in [0.3, 0.4) is 0 Å². The summed E-state index contributed by atoms with van der Waals surface area (Å²) < 4.78 is 36.7. The van der Waals surface area contributed by atoms with E-state index in [2.05, 4.69) is 5.32 Å². The van der Waals surface area contributed by atoms with Crippen molar-refractivity contribution >= 4 is 10.8 Å². The van der Waals surface area contributed by atoms with Crippen molar-refractivity contribution in [2.24, 2.45) is 0 Å². The summed E-state index contributed by atoms with van der Waals surface area (Å²) in [7, 11) is -0.796. The van der Waals surface area contributed by atoms with Crippen molar-refractivity contribution in [2.45, 2.75) is 13.0 Å². The first-order chi connectivity index (χ1) is 7.61. The monoisotopic (exact) mass is 247 g/mol. The van der Waals surface area contributed by atoms with E-state index in [1.165, 1.54) is 6.07 Å². The molecular formula is C11H15F2NOS. The lowest BCUT2D eigenvalue weighted by Crippen LogP contribution is -2.17. The molecule has 1 aromatic carbocycles. The van der Waals surface area contributed by atoms with Crippen LogP contribution in [0.25, 0.3) is 0 Å². The third kappa shape index (κ3) is 4.37. The quantitative estimate of drug-likeness (QED) is 0.777. The van der Waals surface area contributed by atoms with E-state index in [1.54, 1.807) is 12.3 Å². The Morgan fingerprint density at radius 3 is 2.81 bits per heavy atom. The number of rotatable bonds is 6. The molecule has 0 saturated heterocycles. The molecule has 1 rings (SSSR count). The molecule has 0 aliphatic heterocycles. The van der Waals surface area contributed by atoms with E-state index in [0.717, 1.165) is 12.5 Å². The lowest BCUT2D eigenvalue weighted by Gasteiger charge is -2.05. The Hall–Kier alpha value is -0.810. The molecule has 0 spiro atoms. The maximum Gasteiger partial charge on any atom is 0.163 e. The van der Waals surface area contributed by atoms with Gasteiger partial charge in [0.1, 0.15) is 0 Å². The molecule has 1 unspecified atom stereocenters. The molecule has 1 atom stereocenters. The minimum atomic E-state index is -0.825. The fourth-order valence-electron chi connectivity index (χ4n) is 1.31. The highest BCUT2D eigenvalue weighted by Gasteiger charge is 2.06. The first kappa shape index (κ1) is 13.3. The summed E-state index contributed by atoms with van der Waals surface area (Å²) in [6.45, 7) is 0.940. The van der Waals surface area contributed by atoms with Crippen molar-refractivity contribution in [3.05, 3.63) is 35.4 Å². The van der Waals surface area contributed by atoms with E-state index >= 15 is 0 Å². The Bertz CT molecular complexity index is 371. The van der Waals surface area contributed by atoms with Gasteiger partial charge in [-0.1, -0.05) is 12.1 Å². The van der Waals surface area contributed by atoms with Gasteiger partial charge in [-0.2, -0.15) is 0 Å². The molecule has 0 amide bonds. The van der Waals surface area contributed by atoms with E-state index in [4.69, 9.17) is 0 Å². The summed E-state index contributed by atoms with van der Waals surface area (Å²) in [6, 6.07) is 4.12. The van der Waals surface area contributed by atoms with Crippen LogP contribution in [0.2, 0.25) is 0 Å². The second kappa shape index (κ2) is 6.70. The Labute approximate surface area is 96.5 Å². The van der Waals surface area contributed by atoms with E-state index in [-0.39, 0.29) is 0 Å². The van der Waals surface area contributed by atoms with Gasteiger partial charge in [0.15, 0.2) is 11.6 Å². The Morgan fingerprint density at radius 2 is 2.12 bits per heavy atom. The molecule has 5 heteroatoms. The second-order valence-corrected chi connectivity index (χ2v) is 5.08. The van der Waals surface area contributed by atoms with Gasteiger partial charge in [0, 0.05) is 34.9 Å². The summed E-state index contributed by atoms with van der Waals surface area (Å²) in [5.41, 5.74) is 0.317. The summed E-state index contributed by atoms with van der Waals surface area (Å²) in [5.74, 6) is -0.999. The zero-order valence-corrected chi connectivity index (χ0v) is 9.95. The molecule has 0 radical (unpaired) electrons. The van der Waals surface area contributed by atoms with Gasteiger partial charge in [-0.3, -0.25) is 4.21 Å². The highest BCUT2D eigenvalue weighted by Crippen LogP contribution is 2.10. The van der Waals surface area contributed by atoms with E-state index in [9.17, 15) is 13.0 Å². The third-order valence-corrected chi connectivity index (χ3v) is 3.00. The summed E-state index contributed by atoms with van der Waals surface area (Å²) in [5, 5.41) is 2.98. The van der Waals surface area contributed by atoms with Crippen LogP contribution in [-0.4, -0.2) is 22.8 Å². The highest BCUT2D eigenvalue weighted by molar-refractivity contribution is 7.84. The Balaban J connectivity index is 2.32. The predicted molar refractivity (Wildman–Crippen MR) is 61.6 cm³/mol. The molecule has 0 saturated carbocycles. The topological polar surface area (TPSA) is 29.1 Å². The average molecular weight is 247 g/mol. The molecular weight excluding hydrogens is 232 g/mol. The Kier molecular flexibility index (Phi) is 5.55. The molecule has 1 N–H and O–H groups in total. The SMILES string of the molecule is CS(=O)CCCNCc1cccc(F)c1F. The van der Waals surface area contributed by atoms with E-state index < -0.39 is 22.4 Å². The van der Waals surface area contributed by atoms with E-state index in [0.29, 0.717) is 24.4 Å². The molecule has 0 aliphatic carbocycles. The number of hydrogen-bond donors (Lipinski definition) is 1. The van der Waals surface area contributed by atoms with Crippen LogP contribution in [0.15, 0.2) is 18.2 Å². The van der Waals surface area contributed by atoms with Crippen LogP contribution in [0.5, 0.6) is 0 Å². The van der Waals surface area contributed by atoms with Gasteiger partial charge in [0.25, 0.3) is 0 Å². The molecule has 0 fully saturated rings. The number of hydrogen-bond acceptors (Lipinski definition) is 2. The molecule has 2 nitrogen and oxygen atoms in total. The van der Waals surface area contributed by atoms with Crippen molar-refractivity contribution < 1.29 is 13.0 Å². The number of benzene rings is 1. The van der Waals surface area contributed by atoms with Gasteiger partial charge >= 0.3 is 0 Å². The average Bonchev–Trinajstić information content (AvgIpc) is 2.23. The first-order valence-corrected chi connectivity index (χ1v) is 6.77. The van der Waals surface area contributed by atoms with Gasteiger partial charge < -0.3 is 5.32 Å². The van der Waals surface area contributed by atoms with Crippen LogP contribution in [0.1, 0.15) is 12.0 Å². The normalized spacial score (nSPS) is 12.7. The maximum absolute atomic E-state index is 13.2. The van der Waals surface area contributed by atoms with Crippen LogP contribution in [0, 0.1) is 11.6 Å². The zero-order valence-electron chi connectivity index (χ0n) is 9.13. The summed E-state index contributed by atoms with van der Waals surface area (Å²) in [6.07, 6.45) is 2.41. The van der Waals surface area contributed by atoms with Gasteiger partial charge in [-0.15, -0.1) is 0 Å². The van der Waals surface area contributed by atoms with Crippen LogP contribution >= 0.6 is 0 Å². The lowest BCUT2D eigenvalue weighted by atomic mass is 10.2. The smallest absolute Gasteiger partial charge is 0.163 e. The van der Waals surface area contributed by atoms with Crippen molar-refractivity contribution in [1.82, 2.24) is 5.32 Å². The lowest BCUT2D eigenvalue weighted by molar-refractivity contribution is 0.493. The predicted octanol–water partition coefficient (Wildman–Crippen LogP) is 1.82. The molecule has 1 aromatic rings. The zero-order chi connectivity index (χ0) is 12.0. The fourth-order valence-corrected chi connectivity index (χ4v) is 1.86. The summed E-state index contributed by atoms with van der Waals surface area (Å²) in [4.78, 5) is 0. The largest absolute Gasteiger partial charge is 0.313 e. The van der Waals surface area contributed by atoms with Crippen LogP contribution in [0.4, 0.5) is 8.78 Å². The second-order valence-electron chi connectivity index (χ2n) is 3.52. The van der Waals surface area contributed by atoms with Crippen LogP contribution < -0.4 is 5.32 Å². The number of halogens is 2. The van der Waals surface area contributed by atoms with Crippen molar-refractivity contribution in [1.29, 1.82) is 0 Å². The standard InChI is InChI=1S/C11H15F2NOS/c1-16(15)7-3-6-14-8-9-4-2-5-10(12)11(9)13/h2,4-5,14H,3,6-8H2,1H3. The van der Waals surface area contributed by atoms with Gasteiger partial charge in [-0.05, 0) is 19.0 Å². The number of nitrogens with one attached hydrogen (secondary N) is 1. The molecule has 0 aromatic heterocycles. The maximum atomic E-state index is 13.2. The van der Waals surface area contributed by atoms with Gasteiger partial charge in [-0.25, -0.2) is 8.78 Å². The Morgan fingerprint density at radius 1 is 1.38 bits per heavy atom. The highest BCUT2D eigenvalue weighted by atomic mass is 32.2. The van der Waals surface area contributed by atoms with Gasteiger partial charge in [0.05, 0.1) is 0 Å². The van der Waals surface area contributed by atoms with Crippen molar-refractivity contribution in [3.63, 3.8) is 0 Å². The first-order valence-electron chi connectivity index (χ1n) is 5.05. The molecule has 0 aliphatic rings. The van der Waals surface area contributed by atoms with Gasteiger partial charge in [0.2, 0.25) is 0 Å². The van der Waals surface area contributed by atoms with Crippen LogP contribution in [-0.2, 0) is 17.3 Å². The molecule has 90 valence electrons. The third-order valence-electron chi connectivity index (χ3n) is 2.13. The molecule has 0 bridgehead atoms. The summed E-state index contributed by atoms with van der Waals surface area (Å²) >= 11 is 0. The molecule has 16 heavy (non-hydrogen) atoms.